The van der Waals surface area contributed by atoms with E-state index >= 15 is 4.79 Å². The molecule has 2 heterocycles. The number of para-hydroxylation sites is 6. The predicted octanol–water partition coefficient (Wildman–Crippen LogP) is 11.6. The number of anilines is 8. The summed E-state index contributed by atoms with van der Waals surface area (Å²) in [6.45, 7) is 7.69. The van der Waals surface area contributed by atoms with Crippen molar-refractivity contribution in [1.82, 2.24) is 9.38 Å². The molecule has 0 spiro atoms. The fraction of sp³-hybridized carbons (Fsp3) is 0.0351. The van der Waals surface area contributed by atoms with Gasteiger partial charge in [-0.25, -0.2) is 4.98 Å². The Labute approximate surface area is 414 Å². The number of ketones is 1. The molecule has 0 atom stereocenters. The number of aromatic nitrogens is 2. The van der Waals surface area contributed by atoms with Crippen LogP contribution in [0, 0.1) is 0 Å². The molecule has 16 N–H and O–H groups in total. The lowest BCUT2D eigenvalue weighted by Crippen LogP contribution is -2.14. The third-order valence-electron chi connectivity index (χ3n) is 13.5. The maximum atomic E-state index is 15.5. The van der Waals surface area contributed by atoms with Crippen LogP contribution < -0.4 is 70.4 Å². The van der Waals surface area contributed by atoms with Crippen LogP contribution in [-0.4, -0.2) is 15.2 Å². The number of carbonyl (C=O) groups is 1. The number of nitrogens with zero attached hydrogens (tertiary/aromatic N) is 2. The Bertz CT molecular complexity index is 4350. The van der Waals surface area contributed by atoms with E-state index in [1.807, 2.05) is 37.3 Å². The lowest BCUT2D eigenvalue weighted by molar-refractivity contribution is 0.101. The zero-order chi connectivity index (χ0) is 50.9. The molecule has 10 aromatic carbocycles. The van der Waals surface area contributed by atoms with Crippen LogP contribution in [0.2, 0.25) is 0 Å². The van der Waals surface area contributed by atoms with Gasteiger partial charge in [0.25, 0.3) is 5.56 Å². The van der Waals surface area contributed by atoms with Crippen LogP contribution in [0.15, 0.2) is 133 Å². The Morgan fingerprint density at radius 3 is 1.29 bits per heavy atom. The molecule has 0 aliphatic carbocycles. The van der Waals surface area contributed by atoms with E-state index in [2.05, 4.69) is 6.58 Å². The molecule has 2 aromatic heterocycles. The van der Waals surface area contributed by atoms with Crippen LogP contribution in [0.3, 0.4) is 0 Å². The Morgan fingerprint density at radius 2 is 0.849 bits per heavy atom. The van der Waals surface area contributed by atoms with E-state index in [9.17, 15) is 4.79 Å². The molecule has 0 amide bonds. The molecule has 0 unspecified atom stereocenters. The van der Waals surface area contributed by atoms with Crippen LogP contribution in [0.4, 0.5) is 45.5 Å². The Morgan fingerprint density at radius 1 is 0.452 bits per heavy atom. The highest BCUT2D eigenvalue weighted by molar-refractivity contribution is 6.43. The number of nitrogens with two attached hydrogens (primary N) is 8. The SMILES string of the molecule is C=C(C)c1cc(Oc2cccc(N)c2N)c2c3c(Oc4cccc(N)c4N)cc4c(=O)n5c6ccccc6nc5c5cc(Oc6cccc(N)c6N)c(c6c(Oc7cccc(N)c7N)cc(C(C)=O)c1c26)c3c45. The summed E-state index contributed by atoms with van der Waals surface area (Å²) in [6, 6.07) is 34.5. The third kappa shape index (κ3) is 6.43. The number of hydrogen-bond donors (Lipinski definition) is 8. The molecule has 0 fully saturated rings. The van der Waals surface area contributed by atoms with Gasteiger partial charge in [0.2, 0.25) is 0 Å². The van der Waals surface area contributed by atoms with Crippen molar-refractivity contribution in [3.05, 3.63) is 149 Å². The van der Waals surface area contributed by atoms with Crippen LogP contribution in [-0.2, 0) is 0 Å². The summed E-state index contributed by atoms with van der Waals surface area (Å²) in [5.41, 5.74) is 56.6. The minimum absolute atomic E-state index is 0.144. The smallest absolute Gasteiger partial charge is 0.264 e. The monoisotopic (exact) mass is 964 g/mol. The topological polar surface area (TPSA) is 297 Å². The number of fused-ring (bicyclic) bond motifs is 6. The van der Waals surface area contributed by atoms with Crippen LogP contribution in [0.5, 0.6) is 46.0 Å². The Balaban J connectivity index is 1.42. The van der Waals surface area contributed by atoms with E-state index in [1.54, 1.807) is 95.4 Å². The zero-order valence-corrected chi connectivity index (χ0v) is 39.2. The van der Waals surface area contributed by atoms with Crippen molar-refractivity contribution in [3.63, 3.8) is 0 Å². The molecule has 0 aliphatic rings. The summed E-state index contributed by atoms with van der Waals surface area (Å²) in [4.78, 5) is 35.0. The quantitative estimate of drug-likeness (QED) is 0.0273. The number of benzene rings is 10. The fourth-order valence-electron chi connectivity index (χ4n) is 10.1. The van der Waals surface area contributed by atoms with Crippen molar-refractivity contribution in [2.45, 2.75) is 13.8 Å². The third-order valence-corrected chi connectivity index (χ3v) is 13.5. The summed E-state index contributed by atoms with van der Waals surface area (Å²) in [6.07, 6.45) is 0. The molecule has 0 aliphatic heterocycles. The van der Waals surface area contributed by atoms with Crippen LogP contribution in [0.1, 0.15) is 29.8 Å². The number of allylic oxidation sites excluding steroid dienone is 1. The van der Waals surface area contributed by atoms with Crippen LogP contribution >= 0.6 is 0 Å². The molecule has 0 saturated carbocycles. The number of nitrogen functional groups attached to an aromatic ring is 8. The number of Topliss-reactive ketones (excluding diaryl/α,β-unsaturated/α-hetero) is 1. The van der Waals surface area contributed by atoms with E-state index in [-0.39, 0.29) is 108 Å². The minimum atomic E-state index is -0.402. The Hall–Kier alpha value is -10.4. The highest BCUT2D eigenvalue weighted by atomic mass is 16.5. The van der Waals surface area contributed by atoms with Gasteiger partial charge >= 0.3 is 0 Å². The standard InChI is InChI=1S/C57H44N10O6/c1-24(2)26-20-40(70-36-16-6-10-30(58)52(36)62)46-49-43(73-39-19-9-13-33(61)55(39)65)23-29-45-28(56-66-34-14-4-5-15-35(34)67(56)57(29)69)22-42(72-38-18-8-12-32(60)54(38)64)48(51(45)49)47-41(21-27(25(3)68)44(26)50(46)47)71-37-17-7-11-31(59)53(37)63/h4-23H,1,58-65H2,2-3H3. The molecule has 0 radical (unpaired) electrons. The van der Waals surface area contributed by atoms with Gasteiger partial charge in [-0.05, 0) is 104 Å². The molecule has 358 valence electrons. The second kappa shape index (κ2) is 15.8. The zero-order valence-electron chi connectivity index (χ0n) is 39.2. The molecule has 73 heavy (non-hydrogen) atoms. The van der Waals surface area contributed by atoms with Crippen molar-refractivity contribution < 1.29 is 23.7 Å². The van der Waals surface area contributed by atoms with Crippen molar-refractivity contribution in [3.8, 4) is 46.0 Å². The normalized spacial score (nSPS) is 11.8. The highest BCUT2D eigenvalue weighted by Gasteiger charge is 2.33. The van der Waals surface area contributed by atoms with Crippen LogP contribution in [0.25, 0.3) is 76.1 Å². The largest absolute Gasteiger partial charge is 0.454 e. The summed E-state index contributed by atoms with van der Waals surface area (Å²) < 4.78 is 29.6. The number of hydrogen-bond acceptors (Lipinski definition) is 15. The average Bonchev–Trinajstić information content (AvgIpc) is 3.76. The lowest BCUT2D eigenvalue weighted by Gasteiger charge is -2.26. The summed E-state index contributed by atoms with van der Waals surface area (Å²) in [7, 11) is 0. The molecule has 12 rings (SSSR count). The van der Waals surface area contributed by atoms with Gasteiger partial charge in [-0.3, -0.25) is 14.0 Å². The summed E-state index contributed by atoms with van der Waals surface area (Å²) in [5.74, 6) is 1.24. The molecule has 0 bridgehead atoms. The number of rotatable bonds is 10. The first-order chi connectivity index (χ1) is 35.1. The number of carbonyl (C=O) groups excluding carboxylic acids is 1. The first kappa shape index (κ1) is 43.9. The van der Waals surface area contributed by atoms with E-state index < -0.39 is 5.56 Å². The summed E-state index contributed by atoms with van der Waals surface area (Å²) in [5, 5.41) is 4.12. The van der Waals surface area contributed by atoms with Gasteiger partial charge in [0, 0.05) is 54.0 Å². The molecular weight excluding hydrogens is 921 g/mol. The van der Waals surface area contributed by atoms with Gasteiger partial charge in [0.1, 0.15) is 28.6 Å². The first-order valence-electron chi connectivity index (χ1n) is 22.9. The van der Waals surface area contributed by atoms with E-state index in [0.29, 0.717) is 76.3 Å². The van der Waals surface area contributed by atoms with Crippen molar-refractivity contribution in [1.29, 1.82) is 0 Å². The maximum Gasteiger partial charge on any atom is 0.264 e. The van der Waals surface area contributed by atoms with E-state index in [0.717, 1.165) is 0 Å². The average molecular weight is 965 g/mol. The van der Waals surface area contributed by atoms with Gasteiger partial charge < -0.3 is 64.8 Å². The van der Waals surface area contributed by atoms with Crippen molar-refractivity contribution in [2.24, 2.45) is 0 Å². The first-order valence-corrected chi connectivity index (χ1v) is 22.9. The van der Waals surface area contributed by atoms with Gasteiger partial charge in [0.15, 0.2) is 28.8 Å². The number of pyridine rings is 1. The Kier molecular flexibility index (Phi) is 9.53. The van der Waals surface area contributed by atoms with Crippen molar-refractivity contribution in [2.75, 3.05) is 45.9 Å². The molecule has 16 nitrogen and oxygen atoms in total. The number of ether oxygens (including phenoxy) is 4. The fourth-order valence-corrected chi connectivity index (χ4v) is 10.1. The second-order valence-electron chi connectivity index (χ2n) is 18.0. The van der Waals surface area contributed by atoms with E-state index in [4.69, 9.17) is 69.8 Å². The van der Waals surface area contributed by atoms with Gasteiger partial charge in [-0.1, -0.05) is 48.6 Å². The molecular formula is C57H44N10O6. The van der Waals surface area contributed by atoms with Gasteiger partial charge in [-0.2, -0.15) is 0 Å². The lowest BCUT2D eigenvalue weighted by atomic mass is 9.82. The second-order valence-corrected chi connectivity index (χ2v) is 18.0. The minimum Gasteiger partial charge on any atom is -0.454 e. The maximum absolute atomic E-state index is 15.5. The highest BCUT2D eigenvalue weighted by Crippen LogP contribution is 2.58. The van der Waals surface area contributed by atoms with Crippen molar-refractivity contribution >= 4 is 127 Å². The van der Waals surface area contributed by atoms with Gasteiger partial charge in [-0.15, -0.1) is 0 Å². The summed E-state index contributed by atoms with van der Waals surface area (Å²) >= 11 is 0. The molecule has 0 saturated heterocycles. The van der Waals surface area contributed by atoms with Gasteiger partial charge in [0.05, 0.1) is 61.9 Å². The molecule has 12 aromatic rings. The van der Waals surface area contributed by atoms with E-state index in [1.165, 1.54) is 6.92 Å². The number of imidazole rings is 1. The molecule has 16 heteroatoms. The predicted molar refractivity (Wildman–Crippen MR) is 295 cm³/mol.